The van der Waals surface area contributed by atoms with E-state index in [0.717, 1.165) is 32.4 Å². The Morgan fingerprint density at radius 2 is 1.68 bits per heavy atom. The zero-order chi connectivity index (χ0) is 15.4. The van der Waals surface area contributed by atoms with Crippen molar-refractivity contribution in [1.29, 1.82) is 0 Å². The first-order chi connectivity index (χ1) is 8.97. The van der Waals surface area contributed by atoms with E-state index in [1.807, 2.05) is 27.7 Å². The molecule has 0 spiro atoms. The predicted molar refractivity (Wildman–Crippen MR) is 79.9 cm³/mol. The van der Waals surface area contributed by atoms with Crippen molar-refractivity contribution in [2.45, 2.75) is 72.6 Å². The molecular weight excluding hydrogens is 246 g/mol. The third-order valence-corrected chi connectivity index (χ3v) is 3.12. The molecule has 3 heteroatoms. The number of allylic oxidation sites excluding steroid dienone is 2. The van der Waals surface area contributed by atoms with Crippen LogP contribution in [0, 0.1) is 5.41 Å². The second-order valence-electron chi connectivity index (χ2n) is 4.68. The first-order valence-corrected chi connectivity index (χ1v) is 7.52. The van der Waals surface area contributed by atoms with Gasteiger partial charge in [0.1, 0.15) is 0 Å². The van der Waals surface area contributed by atoms with Crippen LogP contribution in [-0.4, -0.2) is 19.6 Å². The first kappa shape index (κ1) is 20.9. The van der Waals surface area contributed by atoms with Gasteiger partial charge in [-0.3, -0.25) is 0 Å². The highest BCUT2D eigenvalue weighted by Gasteiger charge is 2.35. The zero-order valence-electron chi connectivity index (χ0n) is 13.6. The van der Waals surface area contributed by atoms with E-state index in [4.69, 9.17) is 4.74 Å². The monoisotopic (exact) mass is 278 g/mol. The molecule has 0 aromatic carbocycles. The average Bonchev–Trinajstić information content (AvgIpc) is 2.35. The molecule has 0 atom stereocenters. The third kappa shape index (κ3) is 10.1. The van der Waals surface area contributed by atoms with Crippen LogP contribution in [0.3, 0.4) is 0 Å². The van der Waals surface area contributed by atoms with E-state index in [1.165, 1.54) is 19.3 Å². The Balaban J connectivity index is 0. The lowest BCUT2D eigenvalue weighted by Gasteiger charge is -2.41. The lowest BCUT2D eigenvalue weighted by molar-refractivity contribution is 0.0110. The van der Waals surface area contributed by atoms with Crippen molar-refractivity contribution in [3.05, 3.63) is 12.2 Å². The second-order valence-corrected chi connectivity index (χ2v) is 4.68. The van der Waals surface area contributed by atoms with Gasteiger partial charge >= 0.3 is 0 Å². The Bertz CT molecular complexity index is 215. The summed E-state index contributed by atoms with van der Waals surface area (Å²) in [5.74, 6) is -2.67. The van der Waals surface area contributed by atoms with Gasteiger partial charge in [0, 0.05) is 14.0 Å². The van der Waals surface area contributed by atoms with Gasteiger partial charge in [-0.15, -0.1) is 0 Å². The van der Waals surface area contributed by atoms with Crippen LogP contribution in [0.25, 0.3) is 0 Å². The molecule has 1 fully saturated rings. The summed E-state index contributed by atoms with van der Waals surface area (Å²) in [5, 5.41) is 0. The van der Waals surface area contributed by atoms with E-state index in [1.54, 1.807) is 13.2 Å². The van der Waals surface area contributed by atoms with Crippen molar-refractivity contribution in [2.75, 3.05) is 13.7 Å². The zero-order valence-corrected chi connectivity index (χ0v) is 13.6. The summed E-state index contributed by atoms with van der Waals surface area (Å²) in [6.45, 7) is 9.68. The van der Waals surface area contributed by atoms with Crippen LogP contribution >= 0.6 is 0 Å². The summed E-state index contributed by atoms with van der Waals surface area (Å²) in [4.78, 5) is 0. The van der Waals surface area contributed by atoms with Crippen LogP contribution in [-0.2, 0) is 4.74 Å². The predicted octanol–water partition coefficient (Wildman–Crippen LogP) is 5.85. The second kappa shape index (κ2) is 11.4. The fourth-order valence-corrected chi connectivity index (χ4v) is 2.13. The Morgan fingerprint density at radius 3 is 2.00 bits per heavy atom. The molecule has 1 rings (SSSR count). The van der Waals surface area contributed by atoms with E-state index >= 15 is 0 Å². The fourth-order valence-electron chi connectivity index (χ4n) is 2.13. The normalized spacial score (nSPS) is 16.8. The molecule has 1 aliphatic rings. The van der Waals surface area contributed by atoms with E-state index < -0.39 is 5.92 Å². The van der Waals surface area contributed by atoms with E-state index in [9.17, 15) is 8.78 Å². The summed E-state index contributed by atoms with van der Waals surface area (Å²) in [6, 6.07) is 0. The molecule has 0 unspecified atom stereocenters. The molecule has 0 aromatic rings. The third-order valence-electron chi connectivity index (χ3n) is 3.12. The molecule has 0 aliphatic heterocycles. The first-order valence-electron chi connectivity index (χ1n) is 7.52. The minimum atomic E-state index is -2.67. The van der Waals surface area contributed by atoms with Crippen LogP contribution in [0.4, 0.5) is 8.78 Å². The number of hydrogen-bond acceptors (Lipinski definition) is 1. The van der Waals surface area contributed by atoms with Crippen molar-refractivity contribution in [3.8, 4) is 0 Å². The van der Waals surface area contributed by atoms with Gasteiger partial charge in [0.25, 0.3) is 5.92 Å². The summed E-state index contributed by atoms with van der Waals surface area (Å²) < 4.78 is 30.1. The molecule has 1 aliphatic carbocycles. The highest BCUT2D eigenvalue weighted by Crippen LogP contribution is 2.45. The maximum Gasteiger partial charge on any atom is 0.263 e. The van der Waals surface area contributed by atoms with Crippen LogP contribution in [0.15, 0.2) is 12.2 Å². The van der Waals surface area contributed by atoms with Crippen LogP contribution in [0.5, 0.6) is 0 Å². The molecule has 1 saturated carbocycles. The molecule has 0 N–H and O–H groups in total. The Kier molecular flexibility index (Phi) is 12.5. The SMILES string of the molecule is CC.CC.COCC1(CC/C=C/C(C)(F)F)CCC1. The minimum Gasteiger partial charge on any atom is -0.384 e. The topological polar surface area (TPSA) is 9.23 Å². The number of alkyl halides is 2. The van der Waals surface area contributed by atoms with E-state index in [0.29, 0.717) is 0 Å². The number of rotatable bonds is 6. The molecule has 0 bridgehead atoms. The van der Waals surface area contributed by atoms with Gasteiger partial charge in [0.15, 0.2) is 0 Å². The van der Waals surface area contributed by atoms with Crippen LogP contribution < -0.4 is 0 Å². The largest absolute Gasteiger partial charge is 0.384 e. The highest BCUT2D eigenvalue weighted by atomic mass is 19.3. The maximum absolute atomic E-state index is 12.5. The fraction of sp³-hybridized carbons (Fsp3) is 0.875. The Morgan fingerprint density at radius 1 is 1.16 bits per heavy atom. The van der Waals surface area contributed by atoms with Gasteiger partial charge in [-0.2, -0.15) is 0 Å². The molecule has 1 nitrogen and oxygen atoms in total. The molecule has 0 heterocycles. The molecule has 116 valence electrons. The quantitative estimate of drug-likeness (QED) is 0.554. The van der Waals surface area contributed by atoms with Crippen LogP contribution in [0.2, 0.25) is 0 Å². The van der Waals surface area contributed by atoms with Crippen molar-refractivity contribution >= 4 is 0 Å². The Hall–Kier alpha value is -0.440. The number of halogens is 2. The van der Waals surface area contributed by atoms with Gasteiger partial charge < -0.3 is 4.74 Å². The number of methoxy groups -OCH3 is 1. The van der Waals surface area contributed by atoms with Crippen molar-refractivity contribution < 1.29 is 13.5 Å². The number of hydrogen-bond donors (Lipinski definition) is 0. The van der Waals surface area contributed by atoms with Crippen LogP contribution in [0.1, 0.15) is 66.7 Å². The lowest BCUT2D eigenvalue weighted by Crippen LogP contribution is -2.33. The van der Waals surface area contributed by atoms with Gasteiger partial charge in [-0.1, -0.05) is 40.2 Å². The van der Waals surface area contributed by atoms with Gasteiger partial charge in [-0.25, -0.2) is 8.78 Å². The summed E-state index contributed by atoms with van der Waals surface area (Å²) in [7, 11) is 1.70. The summed E-state index contributed by atoms with van der Waals surface area (Å²) in [6.07, 6.45) is 7.88. The Labute approximate surface area is 118 Å². The van der Waals surface area contributed by atoms with Gasteiger partial charge in [0.05, 0.1) is 6.61 Å². The molecule has 0 radical (unpaired) electrons. The standard InChI is InChI=1S/C12H20F2O.2C2H6/c1-11(13,14)6-3-4-7-12(10-15-2)8-5-9-12;2*1-2/h3,6H,4-5,7-10H2,1-2H3;2*1-2H3/b6-3+;;. The minimum absolute atomic E-state index is 0.280. The number of ether oxygens (including phenoxy) is 1. The van der Waals surface area contributed by atoms with Gasteiger partial charge in [-0.05, 0) is 37.2 Å². The molecule has 0 amide bonds. The molecule has 0 aromatic heterocycles. The van der Waals surface area contributed by atoms with Crippen molar-refractivity contribution in [1.82, 2.24) is 0 Å². The summed E-state index contributed by atoms with van der Waals surface area (Å²) in [5.41, 5.74) is 0.280. The van der Waals surface area contributed by atoms with Crippen molar-refractivity contribution in [2.24, 2.45) is 5.41 Å². The average molecular weight is 278 g/mol. The molecular formula is C16H32F2O. The van der Waals surface area contributed by atoms with Crippen molar-refractivity contribution in [3.63, 3.8) is 0 Å². The molecule has 19 heavy (non-hydrogen) atoms. The summed E-state index contributed by atoms with van der Waals surface area (Å²) >= 11 is 0. The van der Waals surface area contributed by atoms with E-state index in [-0.39, 0.29) is 5.41 Å². The lowest BCUT2D eigenvalue weighted by atomic mass is 9.66. The highest BCUT2D eigenvalue weighted by molar-refractivity contribution is 4.95. The smallest absolute Gasteiger partial charge is 0.263 e. The maximum atomic E-state index is 12.5. The molecule has 0 saturated heterocycles. The van der Waals surface area contributed by atoms with Gasteiger partial charge in [0.2, 0.25) is 0 Å². The van der Waals surface area contributed by atoms with E-state index in [2.05, 4.69) is 0 Å².